The summed E-state index contributed by atoms with van der Waals surface area (Å²) in [7, 11) is -2.04. The van der Waals surface area contributed by atoms with Gasteiger partial charge in [-0.3, -0.25) is 0 Å². The smallest absolute Gasteiger partial charge is 0.335 e. The van der Waals surface area contributed by atoms with E-state index in [9.17, 15) is 14.3 Å². The monoisotopic (exact) mass is 464 g/mol. The summed E-state index contributed by atoms with van der Waals surface area (Å²) in [6, 6.07) is 8.74. The molecular weight excluding hydrogens is 438 g/mol. The molecule has 3 nitrogen and oxygen atoms in total. The van der Waals surface area contributed by atoms with Crippen LogP contribution in [0.4, 0.5) is 4.39 Å². The molecule has 24 heavy (non-hydrogen) atoms. The van der Waals surface area contributed by atoms with Gasteiger partial charge < -0.3 is 9.53 Å². The number of aliphatic carboxylic acids is 1. The molecule has 0 aliphatic heterocycles. The number of benzene rings is 1. The Labute approximate surface area is 158 Å². The summed E-state index contributed by atoms with van der Waals surface area (Å²) < 4.78 is 20.6. The zero-order valence-corrected chi connectivity index (χ0v) is 17.9. The highest BCUT2D eigenvalue weighted by Crippen LogP contribution is 2.37. The normalized spacial score (nSPS) is 14.2. The van der Waals surface area contributed by atoms with Gasteiger partial charge in [-0.05, 0) is 64.8 Å². The second-order valence-corrected chi connectivity index (χ2v) is 11.8. The van der Waals surface area contributed by atoms with Crippen molar-refractivity contribution in [2.45, 2.75) is 58.4 Å². The Kier molecular flexibility index (Phi) is 8.59. The molecule has 0 bridgehead atoms. The molecule has 0 saturated carbocycles. The van der Waals surface area contributed by atoms with Crippen LogP contribution in [-0.2, 0) is 9.22 Å². The summed E-state index contributed by atoms with van der Waals surface area (Å²) in [5, 5.41) is 9.77. The molecule has 134 valence electrons. The summed E-state index contributed by atoms with van der Waals surface area (Å²) in [6.45, 7) is 8.25. The predicted molar refractivity (Wildman–Crippen MR) is 106 cm³/mol. The minimum atomic E-state index is -2.04. The lowest BCUT2D eigenvalue weighted by Crippen LogP contribution is -2.38. The topological polar surface area (TPSA) is 46.5 Å². The molecule has 1 aromatic rings. The van der Waals surface area contributed by atoms with Gasteiger partial charge >= 0.3 is 5.97 Å². The Balaban J connectivity index is 3.46. The van der Waals surface area contributed by atoms with Gasteiger partial charge in [-0.2, -0.15) is 0 Å². The molecule has 1 atom stereocenters. The third-order valence-corrected chi connectivity index (χ3v) is 10.5. The number of rotatable bonds is 9. The highest BCUT2D eigenvalue weighted by molar-refractivity contribution is 14.1. The van der Waals surface area contributed by atoms with Crippen molar-refractivity contribution in [3.05, 3.63) is 44.8 Å². The molecule has 1 aromatic carbocycles. The zero-order valence-electron chi connectivity index (χ0n) is 14.7. The largest absolute Gasteiger partial charge is 0.478 e. The van der Waals surface area contributed by atoms with Crippen LogP contribution in [0.25, 0.3) is 0 Å². The zero-order chi connectivity index (χ0) is 18.3. The molecule has 0 aliphatic rings. The van der Waals surface area contributed by atoms with E-state index in [1.807, 2.05) is 6.92 Å². The molecule has 6 heteroatoms. The fourth-order valence-corrected chi connectivity index (χ4v) is 6.01. The van der Waals surface area contributed by atoms with Crippen molar-refractivity contribution < 1.29 is 18.7 Å². The standard InChI is InChI=1S/C18H26FIO3Si/c1-5-15(20)16(18(21)22)17(13-9-11-14(19)12-10-13)23-24(6-2,7-3)8-4/h9-12,17H,5-8H2,1-4H3,(H,21,22). The SMILES string of the molecule is CCC(I)=C(C(=O)O)C(O[Si](CC)(CC)CC)c1ccc(F)cc1. The molecule has 1 unspecified atom stereocenters. The quantitative estimate of drug-likeness (QED) is 0.274. The molecule has 0 amide bonds. The molecule has 0 aliphatic carbocycles. The molecule has 0 saturated heterocycles. The first-order valence-corrected chi connectivity index (χ1v) is 12.0. The minimum absolute atomic E-state index is 0.275. The molecule has 0 fully saturated rings. The van der Waals surface area contributed by atoms with Crippen molar-refractivity contribution in [3.63, 3.8) is 0 Å². The van der Waals surface area contributed by atoms with Gasteiger partial charge in [0.05, 0.1) is 5.57 Å². The van der Waals surface area contributed by atoms with E-state index in [1.54, 1.807) is 12.1 Å². The molecule has 1 N–H and O–H groups in total. The van der Waals surface area contributed by atoms with Crippen molar-refractivity contribution in [2.24, 2.45) is 0 Å². The maximum atomic E-state index is 13.3. The van der Waals surface area contributed by atoms with Gasteiger partial charge in [0, 0.05) is 3.58 Å². The molecule has 0 spiro atoms. The molecule has 0 radical (unpaired) electrons. The van der Waals surface area contributed by atoms with Gasteiger partial charge in [-0.1, -0.05) is 39.8 Å². The summed E-state index contributed by atoms with van der Waals surface area (Å²) in [5.41, 5.74) is 0.973. The average Bonchev–Trinajstić information content (AvgIpc) is 2.59. The number of carboxylic acid groups (broad SMARTS) is 1. The lowest BCUT2D eigenvalue weighted by atomic mass is 10.0. The van der Waals surface area contributed by atoms with E-state index in [0.717, 1.165) is 21.7 Å². The van der Waals surface area contributed by atoms with Gasteiger partial charge in [0.15, 0.2) is 8.32 Å². The Hall–Kier alpha value is -0.733. The van der Waals surface area contributed by atoms with Crippen molar-refractivity contribution in [2.75, 3.05) is 0 Å². The van der Waals surface area contributed by atoms with Crippen LogP contribution >= 0.6 is 22.6 Å². The molecule has 0 aromatic heterocycles. The average molecular weight is 464 g/mol. The summed E-state index contributed by atoms with van der Waals surface area (Å²) in [5.74, 6) is -1.31. The second kappa shape index (κ2) is 9.67. The Morgan fingerprint density at radius 1 is 1.17 bits per heavy atom. The third kappa shape index (κ3) is 5.13. The number of carbonyl (C=O) groups is 1. The lowest BCUT2D eigenvalue weighted by Gasteiger charge is -2.34. The number of carboxylic acids is 1. The van der Waals surface area contributed by atoms with Crippen molar-refractivity contribution in [3.8, 4) is 0 Å². The van der Waals surface area contributed by atoms with Crippen molar-refractivity contribution in [1.82, 2.24) is 0 Å². The van der Waals surface area contributed by atoms with Crippen LogP contribution in [0.2, 0.25) is 18.1 Å². The van der Waals surface area contributed by atoms with E-state index < -0.39 is 20.4 Å². The van der Waals surface area contributed by atoms with Crippen LogP contribution in [-0.4, -0.2) is 19.4 Å². The van der Waals surface area contributed by atoms with Gasteiger partial charge in [0.2, 0.25) is 0 Å². The van der Waals surface area contributed by atoms with Crippen LogP contribution in [0.3, 0.4) is 0 Å². The molecule has 1 rings (SSSR count). The fourth-order valence-electron chi connectivity index (χ4n) is 2.74. The summed E-state index contributed by atoms with van der Waals surface area (Å²) in [6.07, 6.45) is -0.0243. The first-order chi connectivity index (χ1) is 11.3. The third-order valence-electron chi connectivity index (χ3n) is 4.57. The van der Waals surface area contributed by atoms with Crippen LogP contribution < -0.4 is 0 Å². The van der Waals surface area contributed by atoms with Crippen molar-refractivity contribution >= 4 is 36.9 Å². The second-order valence-electron chi connectivity index (χ2n) is 5.77. The lowest BCUT2D eigenvalue weighted by molar-refractivity contribution is -0.133. The Morgan fingerprint density at radius 3 is 2.04 bits per heavy atom. The number of halogens is 2. The maximum Gasteiger partial charge on any atom is 0.335 e. The number of hydrogen-bond donors (Lipinski definition) is 1. The van der Waals surface area contributed by atoms with Crippen molar-refractivity contribution in [1.29, 1.82) is 0 Å². The highest BCUT2D eigenvalue weighted by Gasteiger charge is 2.36. The first-order valence-electron chi connectivity index (χ1n) is 8.39. The maximum absolute atomic E-state index is 13.3. The van der Waals surface area contributed by atoms with Gasteiger partial charge in [0.1, 0.15) is 11.9 Å². The fraction of sp³-hybridized carbons (Fsp3) is 0.500. The highest BCUT2D eigenvalue weighted by atomic mass is 127. The summed E-state index contributed by atoms with van der Waals surface area (Å²) in [4.78, 5) is 11.9. The van der Waals surface area contributed by atoms with E-state index in [2.05, 4.69) is 43.4 Å². The van der Waals surface area contributed by atoms with Gasteiger partial charge in [-0.25, -0.2) is 9.18 Å². The molecular formula is C18H26FIO3Si. The molecule has 0 heterocycles. The minimum Gasteiger partial charge on any atom is -0.478 e. The Bertz CT molecular complexity index is 574. The van der Waals surface area contributed by atoms with Crippen LogP contribution in [0.1, 0.15) is 45.8 Å². The predicted octanol–water partition coefficient (Wildman–Crippen LogP) is 6.07. The van der Waals surface area contributed by atoms with E-state index in [1.165, 1.54) is 12.1 Å². The van der Waals surface area contributed by atoms with Crippen LogP contribution in [0.15, 0.2) is 33.4 Å². The van der Waals surface area contributed by atoms with Crippen LogP contribution in [0, 0.1) is 5.82 Å². The van der Waals surface area contributed by atoms with E-state index >= 15 is 0 Å². The van der Waals surface area contributed by atoms with Gasteiger partial charge in [-0.15, -0.1) is 0 Å². The summed E-state index contributed by atoms with van der Waals surface area (Å²) >= 11 is 2.08. The van der Waals surface area contributed by atoms with E-state index in [-0.39, 0.29) is 11.4 Å². The van der Waals surface area contributed by atoms with E-state index in [4.69, 9.17) is 4.43 Å². The first kappa shape index (κ1) is 21.3. The van der Waals surface area contributed by atoms with E-state index in [0.29, 0.717) is 12.0 Å². The number of hydrogen-bond acceptors (Lipinski definition) is 2. The number of allylic oxidation sites excluding steroid dienone is 1. The van der Waals surface area contributed by atoms with Crippen LogP contribution in [0.5, 0.6) is 0 Å². The van der Waals surface area contributed by atoms with Gasteiger partial charge in [0.25, 0.3) is 0 Å². The Morgan fingerprint density at radius 2 is 1.67 bits per heavy atom.